The zero-order valence-electron chi connectivity index (χ0n) is 14.1. The molecule has 11 heteroatoms. The summed E-state index contributed by atoms with van der Waals surface area (Å²) in [5, 5.41) is 6.83. The summed E-state index contributed by atoms with van der Waals surface area (Å²) in [6.07, 6.45) is 4.51. The van der Waals surface area contributed by atoms with E-state index in [-0.39, 0.29) is 22.2 Å². The molecule has 0 fully saturated rings. The van der Waals surface area contributed by atoms with Crippen LogP contribution in [0.4, 0.5) is 5.69 Å². The smallest absolute Gasteiger partial charge is 0.318 e. The number of hydrogen-bond donors (Lipinski definition) is 1. The molecule has 0 aromatic carbocycles. The summed E-state index contributed by atoms with van der Waals surface area (Å²) in [4.78, 5) is 16.5. The van der Waals surface area contributed by atoms with Gasteiger partial charge in [-0.3, -0.25) is 9.48 Å². The minimum Gasteiger partial charge on any atom is -0.318 e. The van der Waals surface area contributed by atoms with Crippen molar-refractivity contribution in [1.29, 1.82) is 0 Å². The first-order valence-corrected chi connectivity index (χ1v) is 9.19. The quantitative estimate of drug-likeness (QED) is 0.788. The zero-order valence-corrected chi connectivity index (χ0v) is 15.7. The number of halogens is 1. The number of amides is 1. The van der Waals surface area contributed by atoms with Crippen molar-refractivity contribution in [1.82, 2.24) is 19.1 Å². The molecule has 3 rings (SSSR count). The number of hydrogen-bond acceptors (Lipinski definition) is 5. The van der Waals surface area contributed by atoms with Crippen molar-refractivity contribution in [2.75, 3.05) is 12.4 Å². The van der Waals surface area contributed by atoms with Gasteiger partial charge in [0.25, 0.3) is 5.91 Å². The number of likely N-dealkylation sites (N-methyl/N-ethyl adjacent to an activating group) is 1. The van der Waals surface area contributed by atoms with E-state index in [0.29, 0.717) is 11.3 Å². The van der Waals surface area contributed by atoms with Crippen LogP contribution in [0.5, 0.6) is 0 Å². The molecule has 0 aliphatic carbocycles. The van der Waals surface area contributed by atoms with E-state index in [1.165, 1.54) is 19.3 Å². The van der Waals surface area contributed by atoms with E-state index in [1.54, 1.807) is 37.0 Å². The second kappa shape index (κ2) is 6.54. The standard InChI is InChI=1S/C15H15ClN6O3S/c1-9-10(8-21(2)19-9)12-7-13(22(3)26(24,25)20-12)15(23)18-11-5-4-6-17-14(11)16/h4-8H,1-3H3,(H,18,23). The maximum absolute atomic E-state index is 12.6. The summed E-state index contributed by atoms with van der Waals surface area (Å²) in [5.74, 6) is -0.653. The van der Waals surface area contributed by atoms with Crippen LogP contribution in [0.3, 0.4) is 0 Å². The first-order valence-electron chi connectivity index (χ1n) is 7.42. The molecule has 0 saturated heterocycles. The van der Waals surface area contributed by atoms with Crippen molar-refractivity contribution < 1.29 is 13.2 Å². The van der Waals surface area contributed by atoms with E-state index in [0.717, 1.165) is 4.31 Å². The topological polar surface area (TPSA) is 110 Å². The number of anilines is 1. The maximum Gasteiger partial charge on any atom is 0.345 e. The van der Waals surface area contributed by atoms with Gasteiger partial charge in [0.15, 0.2) is 5.15 Å². The van der Waals surface area contributed by atoms with E-state index >= 15 is 0 Å². The molecule has 1 aliphatic rings. The average Bonchev–Trinajstić information content (AvgIpc) is 2.90. The van der Waals surface area contributed by atoms with Crippen molar-refractivity contribution in [2.45, 2.75) is 6.92 Å². The van der Waals surface area contributed by atoms with Crippen LogP contribution in [-0.4, -0.2) is 46.2 Å². The lowest BCUT2D eigenvalue weighted by Gasteiger charge is -2.23. The third-order valence-corrected chi connectivity index (χ3v) is 5.32. The van der Waals surface area contributed by atoms with Gasteiger partial charge in [-0.25, -0.2) is 9.29 Å². The fourth-order valence-electron chi connectivity index (χ4n) is 2.41. The lowest BCUT2D eigenvalue weighted by atomic mass is 10.1. The number of carbonyl (C=O) groups excluding carboxylic acids is 1. The molecule has 0 atom stereocenters. The zero-order chi connectivity index (χ0) is 19.1. The Morgan fingerprint density at radius 2 is 2.04 bits per heavy atom. The molecule has 1 N–H and O–H groups in total. The van der Waals surface area contributed by atoms with Crippen LogP contribution in [0.15, 0.2) is 40.7 Å². The fourth-order valence-corrected chi connectivity index (χ4v) is 3.48. The molecular weight excluding hydrogens is 380 g/mol. The van der Waals surface area contributed by atoms with Crippen LogP contribution >= 0.6 is 11.6 Å². The highest BCUT2D eigenvalue weighted by molar-refractivity contribution is 7.88. The van der Waals surface area contributed by atoms with E-state index < -0.39 is 16.1 Å². The Labute approximate surface area is 155 Å². The highest BCUT2D eigenvalue weighted by atomic mass is 35.5. The third-order valence-electron chi connectivity index (χ3n) is 3.70. The molecule has 0 radical (unpaired) electrons. The first kappa shape index (κ1) is 18.1. The van der Waals surface area contributed by atoms with Gasteiger partial charge in [-0.15, -0.1) is 4.40 Å². The van der Waals surface area contributed by atoms with Crippen LogP contribution in [0.2, 0.25) is 5.15 Å². The van der Waals surface area contributed by atoms with Gasteiger partial charge in [0.05, 0.1) is 17.1 Å². The Morgan fingerprint density at radius 1 is 1.31 bits per heavy atom. The van der Waals surface area contributed by atoms with Crippen LogP contribution in [0.25, 0.3) is 0 Å². The highest BCUT2D eigenvalue weighted by Gasteiger charge is 2.31. The van der Waals surface area contributed by atoms with Gasteiger partial charge in [0.1, 0.15) is 5.70 Å². The van der Waals surface area contributed by atoms with Crippen LogP contribution in [0.1, 0.15) is 11.3 Å². The molecule has 9 nitrogen and oxygen atoms in total. The molecule has 26 heavy (non-hydrogen) atoms. The lowest BCUT2D eigenvalue weighted by molar-refractivity contribution is -0.113. The second-order valence-corrected chi connectivity index (χ2v) is 7.53. The number of pyridine rings is 1. The molecule has 1 aliphatic heterocycles. The predicted octanol–water partition coefficient (Wildman–Crippen LogP) is 1.28. The molecule has 0 saturated carbocycles. The predicted molar refractivity (Wildman–Crippen MR) is 97.1 cm³/mol. The maximum atomic E-state index is 12.6. The van der Waals surface area contributed by atoms with E-state index in [2.05, 4.69) is 19.8 Å². The number of aromatic nitrogens is 3. The van der Waals surface area contributed by atoms with E-state index in [9.17, 15) is 13.2 Å². The van der Waals surface area contributed by atoms with Gasteiger partial charge in [0.2, 0.25) is 0 Å². The molecule has 1 amide bonds. The summed E-state index contributed by atoms with van der Waals surface area (Å²) in [7, 11) is -1.09. The Balaban J connectivity index is 2.02. The summed E-state index contributed by atoms with van der Waals surface area (Å²) in [6.45, 7) is 1.73. The van der Waals surface area contributed by atoms with Gasteiger partial charge in [-0.2, -0.15) is 13.5 Å². The summed E-state index contributed by atoms with van der Waals surface area (Å²) in [6, 6.07) is 3.16. The van der Waals surface area contributed by atoms with E-state index in [1.807, 2.05) is 0 Å². The van der Waals surface area contributed by atoms with Gasteiger partial charge in [-0.1, -0.05) is 11.6 Å². The average molecular weight is 395 g/mol. The van der Waals surface area contributed by atoms with Crippen molar-refractivity contribution >= 4 is 39.1 Å². The van der Waals surface area contributed by atoms with Crippen molar-refractivity contribution in [2.24, 2.45) is 11.4 Å². The van der Waals surface area contributed by atoms with E-state index in [4.69, 9.17) is 11.6 Å². The SMILES string of the molecule is Cc1nn(C)cc1C1=NS(=O)(=O)N(C)C(C(=O)Nc2cccnc2Cl)=C1. The van der Waals surface area contributed by atoms with Gasteiger partial charge >= 0.3 is 10.2 Å². The number of aryl methyl sites for hydroxylation is 2. The Bertz CT molecular complexity index is 1060. The normalized spacial score (nSPS) is 16.1. The Hall–Kier alpha value is -2.72. The molecule has 2 aromatic rings. The van der Waals surface area contributed by atoms with Gasteiger partial charge in [-0.05, 0) is 25.1 Å². The molecule has 2 aromatic heterocycles. The minimum atomic E-state index is -4.06. The first-order chi connectivity index (χ1) is 12.2. The minimum absolute atomic E-state index is 0.0970. The van der Waals surface area contributed by atoms with Crippen LogP contribution in [-0.2, 0) is 22.1 Å². The molecule has 0 unspecified atom stereocenters. The van der Waals surface area contributed by atoms with Crippen molar-refractivity contribution in [3.8, 4) is 0 Å². The van der Waals surface area contributed by atoms with Crippen LogP contribution < -0.4 is 5.32 Å². The molecule has 0 spiro atoms. The number of nitrogens with one attached hydrogen (secondary N) is 1. The molecule has 3 heterocycles. The fraction of sp³-hybridized carbons (Fsp3) is 0.200. The number of nitrogens with zero attached hydrogens (tertiary/aromatic N) is 5. The molecule has 0 bridgehead atoms. The monoisotopic (exact) mass is 394 g/mol. The summed E-state index contributed by atoms with van der Waals surface area (Å²) >= 11 is 5.94. The van der Waals surface area contributed by atoms with Crippen molar-refractivity contribution in [3.05, 3.63) is 52.7 Å². The highest BCUT2D eigenvalue weighted by Crippen LogP contribution is 2.23. The second-order valence-electron chi connectivity index (χ2n) is 5.55. The van der Waals surface area contributed by atoms with Crippen LogP contribution in [0, 0.1) is 6.92 Å². The number of carbonyl (C=O) groups is 1. The summed E-state index contributed by atoms with van der Waals surface area (Å²) < 4.78 is 30.9. The lowest BCUT2D eigenvalue weighted by Crippen LogP contribution is -2.35. The summed E-state index contributed by atoms with van der Waals surface area (Å²) in [5.41, 5.74) is 1.42. The Morgan fingerprint density at radius 3 is 2.65 bits per heavy atom. The largest absolute Gasteiger partial charge is 0.345 e. The number of rotatable bonds is 3. The molecular formula is C15H15ClN6O3S. The Kier molecular flexibility index (Phi) is 4.55. The number of allylic oxidation sites excluding steroid dienone is 1. The molecule has 136 valence electrons. The van der Waals surface area contributed by atoms with Crippen molar-refractivity contribution in [3.63, 3.8) is 0 Å². The third kappa shape index (κ3) is 3.33. The van der Waals surface area contributed by atoms with Gasteiger partial charge in [0, 0.05) is 32.1 Å². The van der Waals surface area contributed by atoms with Gasteiger partial charge < -0.3 is 5.32 Å².